The largest absolute Gasteiger partial charge is 0.245 e. The quantitative estimate of drug-likeness (QED) is 0.760. The van der Waals surface area contributed by atoms with Crippen molar-refractivity contribution in [3.63, 3.8) is 0 Å². The van der Waals surface area contributed by atoms with Gasteiger partial charge < -0.3 is 0 Å². The lowest BCUT2D eigenvalue weighted by atomic mass is 9.98. The summed E-state index contributed by atoms with van der Waals surface area (Å²) >= 11 is 7.37. The van der Waals surface area contributed by atoms with Gasteiger partial charge in [0.2, 0.25) is 10.0 Å². The Labute approximate surface area is 143 Å². The van der Waals surface area contributed by atoms with E-state index in [-0.39, 0.29) is 4.90 Å². The average molecular weight is 365 g/mol. The Morgan fingerprint density at radius 3 is 2.39 bits per heavy atom. The number of hydrogen-bond donors (Lipinski definition) is 1. The van der Waals surface area contributed by atoms with Gasteiger partial charge in [-0.05, 0) is 47.9 Å². The molecule has 0 fully saturated rings. The Hall–Kier alpha value is -1.73. The second-order valence-corrected chi connectivity index (χ2v) is 7.76. The molecule has 0 saturated heterocycles. The van der Waals surface area contributed by atoms with E-state index in [4.69, 9.17) is 16.7 Å². The lowest BCUT2D eigenvalue weighted by molar-refractivity contribution is 0.597. The lowest BCUT2D eigenvalue weighted by Gasteiger charge is -2.12. The van der Waals surface area contributed by atoms with Crippen LogP contribution in [0.2, 0.25) is 5.02 Å². The van der Waals surface area contributed by atoms with E-state index < -0.39 is 10.0 Å². The predicted molar refractivity (Wildman–Crippen MR) is 94.1 cm³/mol. The van der Waals surface area contributed by atoms with E-state index in [2.05, 4.69) is 4.98 Å². The van der Waals surface area contributed by atoms with Crippen molar-refractivity contribution in [2.45, 2.75) is 11.8 Å². The highest BCUT2D eigenvalue weighted by molar-refractivity contribution is 7.89. The Kier molecular flexibility index (Phi) is 4.25. The van der Waals surface area contributed by atoms with Crippen LogP contribution in [0.15, 0.2) is 52.2 Å². The Morgan fingerprint density at radius 2 is 1.83 bits per heavy atom. The van der Waals surface area contributed by atoms with Gasteiger partial charge in [0.25, 0.3) is 0 Å². The smallest absolute Gasteiger partial charge is 0.238 e. The molecule has 0 radical (unpaired) electrons. The van der Waals surface area contributed by atoms with Crippen molar-refractivity contribution in [1.29, 1.82) is 0 Å². The van der Waals surface area contributed by atoms with Crippen LogP contribution in [-0.4, -0.2) is 13.4 Å². The molecule has 1 heterocycles. The van der Waals surface area contributed by atoms with Crippen LogP contribution in [0.25, 0.3) is 22.4 Å². The van der Waals surface area contributed by atoms with Crippen LogP contribution in [0.5, 0.6) is 0 Å². The molecule has 0 atom stereocenters. The number of thiazole rings is 1. The molecule has 3 rings (SSSR count). The van der Waals surface area contributed by atoms with Gasteiger partial charge >= 0.3 is 0 Å². The van der Waals surface area contributed by atoms with Gasteiger partial charge in [0, 0.05) is 16.0 Å². The van der Waals surface area contributed by atoms with E-state index in [1.807, 2.05) is 23.6 Å². The molecule has 4 nitrogen and oxygen atoms in total. The molecule has 3 aromatic rings. The minimum absolute atomic E-state index is 0.105. The standard InChI is InChI=1S/C16H13ClN2O2S2/c1-10-14(15-8-22-9-19-15)6-12(7-16(10)23(18,20)21)11-2-4-13(17)5-3-11/h2-9H,1H3,(H2,18,20,21). The zero-order valence-corrected chi connectivity index (χ0v) is 14.5. The second kappa shape index (κ2) is 6.05. The van der Waals surface area contributed by atoms with Crippen molar-refractivity contribution in [3.05, 3.63) is 57.9 Å². The fraction of sp³-hybridized carbons (Fsp3) is 0.0625. The third kappa shape index (κ3) is 3.30. The first-order valence-corrected chi connectivity index (χ1v) is 9.55. The number of primary sulfonamides is 1. The molecule has 0 spiro atoms. The highest BCUT2D eigenvalue weighted by atomic mass is 35.5. The minimum atomic E-state index is -3.84. The summed E-state index contributed by atoms with van der Waals surface area (Å²) in [5.41, 5.74) is 5.39. The van der Waals surface area contributed by atoms with Crippen molar-refractivity contribution in [1.82, 2.24) is 4.98 Å². The number of nitrogens with two attached hydrogens (primary N) is 1. The molecule has 1 aromatic heterocycles. The average Bonchev–Trinajstić information content (AvgIpc) is 3.01. The van der Waals surface area contributed by atoms with Crippen molar-refractivity contribution in [3.8, 4) is 22.4 Å². The zero-order valence-electron chi connectivity index (χ0n) is 12.2. The first kappa shape index (κ1) is 16.1. The maximum atomic E-state index is 12.0. The highest BCUT2D eigenvalue weighted by Gasteiger charge is 2.18. The minimum Gasteiger partial charge on any atom is -0.245 e. The van der Waals surface area contributed by atoms with E-state index in [1.165, 1.54) is 11.3 Å². The van der Waals surface area contributed by atoms with E-state index >= 15 is 0 Å². The first-order chi connectivity index (χ1) is 10.9. The number of hydrogen-bond acceptors (Lipinski definition) is 4. The third-order valence-corrected chi connectivity index (χ3v) is 5.43. The molecule has 2 N–H and O–H groups in total. The maximum absolute atomic E-state index is 12.0. The van der Waals surface area contributed by atoms with Crippen LogP contribution in [0.4, 0.5) is 0 Å². The molecular formula is C16H13ClN2O2S2. The normalized spacial score (nSPS) is 11.6. The van der Waals surface area contributed by atoms with Crippen LogP contribution in [0.3, 0.4) is 0 Å². The Morgan fingerprint density at radius 1 is 1.13 bits per heavy atom. The van der Waals surface area contributed by atoms with Gasteiger partial charge in [0.15, 0.2) is 0 Å². The number of nitrogens with zero attached hydrogens (tertiary/aromatic N) is 1. The molecular weight excluding hydrogens is 352 g/mol. The van der Waals surface area contributed by atoms with Gasteiger partial charge in [-0.3, -0.25) is 0 Å². The molecule has 7 heteroatoms. The maximum Gasteiger partial charge on any atom is 0.238 e. The van der Waals surface area contributed by atoms with Gasteiger partial charge in [-0.25, -0.2) is 18.5 Å². The van der Waals surface area contributed by atoms with Crippen LogP contribution in [-0.2, 0) is 10.0 Å². The summed E-state index contributed by atoms with van der Waals surface area (Å²) in [7, 11) is -3.84. The lowest BCUT2D eigenvalue weighted by Crippen LogP contribution is -2.14. The van der Waals surface area contributed by atoms with Crippen molar-refractivity contribution >= 4 is 33.0 Å². The van der Waals surface area contributed by atoms with Crippen LogP contribution in [0.1, 0.15) is 5.56 Å². The second-order valence-electron chi connectivity index (χ2n) is 5.07. The summed E-state index contributed by atoms with van der Waals surface area (Å²) in [6, 6.07) is 10.7. The van der Waals surface area contributed by atoms with Gasteiger partial charge in [-0.1, -0.05) is 23.7 Å². The van der Waals surface area contributed by atoms with Gasteiger partial charge in [-0.15, -0.1) is 11.3 Å². The Bertz CT molecular complexity index is 951. The van der Waals surface area contributed by atoms with E-state index in [1.54, 1.807) is 30.6 Å². The fourth-order valence-electron chi connectivity index (χ4n) is 2.40. The SMILES string of the molecule is Cc1c(-c2cscn2)cc(-c2ccc(Cl)cc2)cc1S(N)(=O)=O. The van der Waals surface area contributed by atoms with Crippen molar-refractivity contribution in [2.75, 3.05) is 0 Å². The Balaban J connectivity index is 2.29. The molecule has 0 amide bonds. The van der Waals surface area contributed by atoms with E-state index in [0.717, 1.165) is 22.4 Å². The zero-order chi connectivity index (χ0) is 16.6. The summed E-state index contributed by atoms with van der Waals surface area (Å²) in [4.78, 5) is 4.39. The van der Waals surface area contributed by atoms with Crippen LogP contribution >= 0.6 is 22.9 Å². The van der Waals surface area contributed by atoms with Gasteiger partial charge in [0.1, 0.15) is 0 Å². The van der Waals surface area contributed by atoms with Crippen molar-refractivity contribution in [2.24, 2.45) is 5.14 Å². The monoisotopic (exact) mass is 364 g/mol. The fourth-order valence-corrected chi connectivity index (χ4v) is 3.91. The summed E-state index contributed by atoms with van der Waals surface area (Å²) in [5, 5.41) is 7.88. The molecule has 0 aliphatic carbocycles. The molecule has 2 aromatic carbocycles. The molecule has 0 aliphatic rings. The molecule has 0 aliphatic heterocycles. The number of aromatic nitrogens is 1. The van der Waals surface area contributed by atoms with Gasteiger partial charge in [-0.2, -0.15) is 0 Å². The summed E-state index contributed by atoms with van der Waals surface area (Å²) < 4.78 is 23.9. The molecule has 0 bridgehead atoms. The van der Waals surface area contributed by atoms with Crippen LogP contribution < -0.4 is 5.14 Å². The molecule has 0 unspecified atom stereocenters. The predicted octanol–water partition coefficient (Wildman–Crippen LogP) is 4.09. The first-order valence-electron chi connectivity index (χ1n) is 6.68. The summed E-state index contributed by atoms with van der Waals surface area (Å²) in [6.45, 7) is 1.74. The topological polar surface area (TPSA) is 73.0 Å². The van der Waals surface area contributed by atoms with E-state index in [9.17, 15) is 8.42 Å². The number of benzene rings is 2. The summed E-state index contributed by atoms with van der Waals surface area (Å²) in [5.74, 6) is 0. The number of rotatable bonds is 3. The summed E-state index contributed by atoms with van der Waals surface area (Å²) in [6.07, 6.45) is 0. The van der Waals surface area contributed by atoms with Crippen LogP contribution in [0, 0.1) is 6.92 Å². The van der Waals surface area contributed by atoms with Crippen molar-refractivity contribution < 1.29 is 8.42 Å². The molecule has 0 saturated carbocycles. The molecule has 23 heavy (non-hydrogen) atoms. The third-order valence-electron chi connectivity index (χ3n) is 3.55. The molecule has 118 valence electrons. The number of sulfonamides is 1. The number of halogens is 1. The van der Waals surface area contributed by atoms with Gasteiger partial charge in [0.05, 0.1) is 16.1 Å². The van der Waals surface area contributed by atoms with E-state index in [0.29, 0.717) is 10.6 Å². The highest BCUT2D eigenvalue weighted by Crippen LogP contribution is 2.33.